The number of ether oxygens (including phenoxy) is 1. The number of hydrogen-bond acceptors (Lipinski definition) is 6. The van der Waals surface area contributed by atoms with Gasteiger partial charge in [-0.15, -0.1) is 0 Å². The number of para-hydroxylation sites is 1. The van der Waals surface area contributed by atoms with Crippen molar-refractivity contribution in [3.63, 3.8) is 0 Å². The van der Waals surface area contributed by atoms with Crippen LogP contribution in [-0.2, 0) is 7.05 Å². The van der Waals surface area contributed by atoms with Gasteiger partial charge in [0, 0.05) is 25.0 Å². The molecule has 10 heteroatoms. The van der Waals surface area contributed by atoms with E-state index < -0.39 is 5.91 Å². The number of aryl methyl sites for hydroxylation is 2. The van der Waals surface area contributed by atoms with Crippen molar-refractivity contribution >= 4 is 34.2 Å². The number of carbonyl (C=O) groups excluding carboxylic acids is 1. The van der Waals surface area contributed by atoms with Crippen molar-refractivity contribution < 1.29 is 9.53 Å². The van der Waals surface area contributed by atoms with Crippen molar-refractivity contribution in [1.82, 2.24) is 24.3 Å². The highest BCUT2D eigenvalue weighted by Gasteiger charge is 2.16. The molecule has 0 aliphatic heterocycles. The van der Waals surface area contributed by atoms with Crippen LogP contribution in [0.1, 0.15) is 16.1 Å². The molecule has 0 saturated heterocycles. The van der Waals surface area contributed by atoms with Crippen LogP contribution in [0.25, 0.3) is 16.7 Å². The number of halogens is 1. The molecular weight excluding hydrogens is 468 g/mol. The Kier molecular flexibility index (Phi) is 5.76. The van der Waals surface area contributed by atoms with Crippen LogP contribution in [0.5, 0.6) is 11.6 Å². The summed E-state index contributed by atoms with van der Waals surface area (Å²) in [6.45, 7) is 1.66. The summed E-state index contributed by atoms with van der Waals surface area (Å²) in [4.78, 5) is 33.9. The second-order valence-electron chi connectivity index (χ2n) is 7.80. The molecule has 0 spiro atoms. The Labute approximate surface area is 204 Å². The van der Waals surface area contributed by atoms with Crippen LogP contribution in [0.15, 0.2) is 78.0 Å². The molecule has 0 bridgehead atoms. The standard InChI is InChI=1S/C25H19ClN6O3/c1-15-13-21(33)32(20-6-4-3-5-19(20)26)30-22(15)24(34)29-16-7-9-17(10-8-16)35-25-18-11-12-31(2)23(18)27-14-28-25/h3-14H,1-2H3,(H,29,34). The van der Waals surface area contributed by atoms with E-state index in [9.17, 15) is 9.59 Å². The highest BCUT2D eigenvalue weighted by atomic mass is 35.5. The lowest BCUT2D eigenvalue weighted by molar-refractivity contribution is 0.102. The van der Waals surface area contributed by atoms with Crippen LogP contribution in [0, 0.1) is 6.92 Å². The minimum Gasteiger partial charge on any atom is -0.438 e. The van der Waals surface area contributed by atoms with Crippen molar-refractivity contribution in [2.24, 2.45) is 7.05 Å². The summed E-state index contributed by atoms with van der Waals surface area (Å²) in [7, 11) is 1.90. The fraction of sp³-hybridized carbons (Fsp3) is 0.0800. The molecule has 0 saturated carbocycles. The van der Waals surface area contributed by atoms with Gasteiger partial charge in [-0.2, -0.15) is 9.78 Å². The summed E-state index contributed by atoms with van der Waals surface area (Å²) in [5, 5.41) is 8.22. The molecule has 2 aromatic carbocycles. The number of rotatable bonds is 5. The number of nitrogens with zero attached hydrogens (tertiary/aromatic N) is 5. The van der Waals surface area contributed by atoms with Gasteiger partial charge in [0.05, 0.1) is 16.1 Å². The quantitative estimate of drug-likeness (QED) is 0.391. The lowest BCUT2D eigenvalue weighted by Gasteiger charge is -2.11. The fourth-order valence-electron chi connectivity index (χ4n) is 3.61. The Balaban J connectivity index is 1.36. The van der Waals surface area contributed by atoms with Gasteiger partial charge < -0.3 is 14.6 Å². The van der Waals surface area contributed by atoms with Crippen LogP contribution >= 0.6 is 11.6 Å². The first-order valence-corrected chi connectivity index (χ1v) is 11.0. The number of amides is 1. The summed E-state index contributed by atoms with van der Waals surface area (Å²) in [5.74, 6) is 0.529. The lowest BCUT2D eigenvalue weighted by atomic mass is 10.2. The van der Waals surface area contributed by atoms with E-state index in [1.165, 1.54) is 12.4 Å². The van der Waals surface area contributed by atoms with Gasteiger partial charge >= 0.3 is 0 Å². The van der Waals surface area contributed by atoms with Gasteiger partial charge in [0.25, 0.3) is 11.5 Å². The van der Waals surface area contributed by atoms with E-state index in [1.807, 2.05) is 23.9 Å². The largest absolute Gasteiger partial charge is 0.438 e. The predicted octanol–water partition coefficient (Wildman–Crippen LogP) is 4.52. The van der Waals surface area contributed by atoms with Crippen LogP contribution < -0.4 is 15.6 Å². The van der Waals surface area contributed by atoms with E-state index in [0.717, 1.165) is 15.7 Å². The van der Waals surface area contributed by atoms with Gasteiger partial charge in [-0.25, -0.2) is 9.97 Å². The highest BCUT2D eigenvalue weighted by Crippen LogP contribution is 2.28. The zero-order valence-electron chi connectivity index (χ0n) is 18.8. The van der Waals surface area contributed by atoms with E-state index in [1.54, 1.807) is 55.5 Å². The molecule has 9 nitrogen and oxygen atoms in total. The molecule has 5 rings (SSSR count). The Hall–Kier alpha value is -4.50. The maximum atomic E-state index is 13.0. The molecule has 3 aromatic heterocycles. The number of carbonyl (C=O) groups is 1. The first kappa shape index (κ1) is 22.3. The average molecular weight is 487 g/mol. The maximum Gasteiger partial charge on any atom is 0.276 e. The normalized spacial score (nSPS) is 10.9. The highest BCUT2D eigenvalue weighted by molar-refractivity contribution is 6.32. The number of anilines is 1. The molecule has 0 fully saturated rings. The van der Waals surface area contributed by atoms with E-state index in [-0.39, 0.29) is 11.3 Å². The monoisotopic (exact) mass is 486 g/mol. The Morgan fingerprint density at radius 2 is 1.83 bits per heavy atom. The second kappa shape index (κ2) is 9.03. The first-order chi connectivity index (χ1) is 16.9. The Morgan fingerprint density at radius 3 is 2.60 bits per heavy atom. The molecule has 5 aromatic rings. The molecule has 1 N–H and O–H groups in total. The lowest BCUT2D eigenvalue weighted by Crippen LogP contribution is -2.26. The number of nitrogens with one attached hydrogen (secondary N) is 1. The van der Waals surface area contributed by atoms with Crippen molar-refractivity contribution in [2.45, 2.75) is 6.92 Å². The van der Waals surface area contributed by atoms with Crippen LogP contribution in [0.4, 0.5) is 5.69 Å². The third kappa shape index (κ3) is 4.36. The Bertz CT molecular complexity index is 1630. The van der Waals surface area contributed by atoms with Crippen LogP contribution in [0.3, 0.4) is 0 Å². The minimum absolute atomic E-state index is 0.109. The van der Waals surface area contributed by atoms with Gasteiger partial charge in [0.15, 0.2) is 5.69 Å². The first-order valence-electron chi connectivity index (χ1n) is 10.6. The van der Waals surface area contributed by atoms with Gasteiger partial charge in [0.1, 0.15) is 17.7 Å². The van der Waals surface area contributed by atoms with Crippen LogP contribution in [0.2, 0.25) is 5.02 Å². The summed E-state index contributed by atoms with van der Waals surface area (Å²) in [6.07, 6.45) is 3.33. The summed E-state index contributed by atoms with van der Waals surface area (Å²) in [6, 6.07) is 16.9. The Morgan fingerprint density at radius 1 is 1.06 bits per heavy atom. The smallest absolute Gasteiger partial charge is 0.276 e. The van der Waals surface area contributed by atoms with Crippen molar-refractivity contribution in [2.75, 3.05) is 5.32 Å². The predicted molar refractivity (Wildman–Crippen MR) is 133 cm³/mol. The van der Waals surface area contributed by atoms with Crippen molar-refractivity contribution in [3.05, 3.63) is 99.8 Å². The number of benzene rings is 2. The topological polar surface area (TPSA) is 104 Å². The number of fused-ring (bicyclic) bond motifs is 1. The molecule has 0 radical (unpaired) electrons. The van der Waals surface area contributed by atoms with E-state index in [2.05, 4.69) is 20.4 Å². The van der Waals surface area contributed by atoms with Crippen molar-refractivity contribution in [3.8, 4) is 17.3 Å². The van der Waals surface area contributed by atoms with E-state index in [4.69, 9.17) is 16.3 Å². The number of aromatic nitrogens is 5. The van der Waals surface area contributed by atoms with Gasteiger partial charge in [-0.1, -0.05) is 23.7 Å². The molecule has 0 unspecified atom stereocenters. The average Bonchev–Trinajstić information content (AvgIpc) is 3.23. The third-order valence-corrected chi connectivity index (χ3v) is 5.69. The summed E-state index contributed by atoms with van der Waals surface area (Å²) >= 11 is 6.22. The number of hydrogen-bond donors (Lipinski definition) is 1. The molecule has 0 atom stereocenters. The zero-order chi connectivity index (χ0) is 24.5. The fourth-order valence-corrected chi connectivity index (χ4v) is 3.82. The summed E-state index contributed by atoms with van der Waals surface area (Å²) < 4.78 is 8.92. The molecular formula is C25H19ClN6O3. The third-order valence-electron chi connectivity index (χ3n) is 5.37. The molecule has 174 valence electrons. The van der Waals surface area contributed by atoms with E-state index >= 15 is 0 Å². The zero-order valence-corrected chi connectivity index (χ0v) is 19.5. The SMILES string of the molecule is Cc1cc(=O)n(-c2ccccc2Cl)nc1C(=O)Nc1ccc(Oc2ncnc3c2ccn3C)cc1. The van der Waals surface area contributed by atoms with Gasteiger partial charge in [-0.3, -0.25) is 9.59 Å². The van der Waals surface area contributed by atoms with Crippen molar-refractivity contribution in [1.29, 1.82) is 0 Å². The molecule has 0 aliphatic rings. The maximum absolute atomic E-state index is 13.0. The minimum atomic E-state index is -0.459. The van der Waals surface area contributed by atoms with Gasteiger partial charge in [0.2, 0.25) is 5.88 Å². The second-order valence-corrected chi connectivity index (χ2v) is 8.21. The van der Waals surface area contributed by atoms with E-state index in [0.29, 0.717) is 33.6 Å². The van der Waals surface area contributed by atoms with Gasteiger partial charge in [-0.05, 0) is 55.0 Å². The molecule has 3 heterocycles. The summed E-state index contributed by atoms with van der Waals surface area (Å²) in [5.41, 5.74) is 1.87. The molecule has 0 aliphatic carbocycles. The van der Waals surface area contributed by atoms with Crippen LogP contribution in [-0.4, -0.2) is 30.2 Å². The molecule has 1 amide bonds. The molecule has 35 heavy (non-hydrogen) atoms.